The first-order valence-corrected chi connectivity index (χ1v) is 7.81. The van der Waals surface area contributed by atoms with E-state index in [0.29, 0.717) is 0 Å². The topological polar surface area (TPSA) is 0 Å². The quantitative estimate of drug-likeness (QED) is 0.269. The normalized spacial score (nSPS) is 9.44. The van der Waals surface area contributed by atoms with E-state index in [-0.39, 0.29) is 41.1 Å². The van der Waals surface area contributed by atoms with Crippen molar-refractivity contribution in [2.75, 3.05) is 0 Å². The maximum atomic E-state index is 2.18. The second-order valence-electron chi connectivity index (χ2n) is 6.10. The van der Waals surface area contributed by atoms with E-state index in [1.165, 1.54) is 43.8 Å². The van der Waals surface area contributed by atoms with E-state index in [0.717, 1.165) is 0 Å². The van der Waals surface area contributed by atoms with Crippen molar-refractivity contribution < 1.29 is 26.2 Å². The van der Waals surface area contributed by atoms with Crippen LogP contribution in [0.25, 0.3) is 21.5 Å². The Morgan fingerprint density at radius 3 is 1.16 bits per heavy atom. The number of rotatable bonds is 0. The summed E-state index contributed by atoms with van der Waals surface area (Å²) in [5.74, 6) is 0. The molecule has 0 nitrogen and oxygen atoms in total. The van der Waals surface area contributed by atoms with Crippen molar-refractivity contribution in [3.63, 3.8) is 0 Å². The van der Waals surface area contributed by atoms with Gasteiger partial charge in [-0.15, -0.1) is 56.9 Å². The van der Waals surface area contributed by atoms with E-state index in [2.05, 4.69) is 88.4 Å². The fourth-order valence-corrected chi connectivity index (χ4v) is 3.07. The number of hydrogen-bond acceptors (Lipinski definition) is 0. The molecule has 0 aliphatic heterocycles. The molecular weight excluding hydrogens is 379 g/mol. The Balaban J connectivity index is 0.000000411. The Labute approximate surface area is 172 Å². The van der Waals surface area contributed by atoms with Crippen LogP contribution in [0, 0.1) is 42.5 Å². The van der Waals surface area contributed by atoms with Crippen LogP contribution in [0.2, 0.25) is 0 Å². The van der Waals surface area contributed by atoms with Crippen molar-refractivity contribution in [3.05, 3.63) is 97.8 Å². The van der Waals surface area contributed by atoms with Crippen LogP contribution in [0.1, 0.15) is 22.3 Å². The molecule has 0 spiro atoms. The first kappa shape index (κ1) is 23.5. The molecule has 0 amide bonds. The molecule has 0 bridgehead atoms. The smallest absolute Gasteiger partial charge is 0.358 e. The number of aryl methyl sites for hydroxylation is 4. The summed E-state index contributed by atoms with van der Waals surface area (Å²) in [7, 11) is 0. The summed E-state index contributed by atoms with van der Waals surface area (Å²) in [4.78, 5) is 0. The van der Waals surface area contributed by atoms with E-state index in [1.807, 2.05) is 0 Å². The number of hydrogen-bond donors (Lipinski definition) is 0. The molecule has 128 valence electrons. The molecule has 0 aliphatic carbocycles. The van der Waals surface area contributed by atoms with Gasteiger partial charge in [-0.05, 0) is 13.8 Å². The van der Waals surface area contributed by atoms with Crippen LogP contribution in [0.3, 0.4) is 0 Å². The summed E-state index contributed by atoms with van der Waals surface area (Å²) in [6.07, 6.45) is 0. The maximum Gasteiger partial charge on any atom is 4.00 e. The number of benzene rings is 2. The van der Waals surface area contributed by atoms with Crippen LogP contribution < -0.4 is 0 Å². The predicted octanol–water partition coefficient (Wildman–Crippen LogP) is 7.25. The van der Waals surface area contributed by atoms with Gasteiger partial charge in [-0.2, -0.15) is 24.3 Å². The van der Waals surface area contributed by atoms with Gasteiger partial charge in [0.2, 0.25) is 0 Å². The minimum absolute atomic E-state index is 0. The Morgan fingerprint density at radius 1 is 0.520 bits per heavy atom. The Hall–Kier alpha value is -1.46. The molecule has 0 atom stereocenters. The van der Waals surface area contributed by atoms with Crippen LogP contribution in [0.15, 0.2) is 60.7 Å². The van der Waals surface area contributed by atoms with E-state index in [9.17, 15) is 0 Å². The summed E-state index contributed by atoms with van der Waals surface area (Å²) in [6, 6.07) is 21.7. The Morgan fingerprint density at radius 2 is 0.840 bits per heavy atom. The fourth-order valence-electron chi connectivity index (χ4n) is 3.07. The zero-order valence-electron chi connectivity index (χ0n) is 16.3. The molecule has 0 aliphatic rings. The van der Waals surface area contributed by atoms with E-state index in [1.54, 1.807) is 0 Å². The molecule has 1 heteroatoms. The van der Waals surface area contributed by atoms with Gasteiger partial charge in [0.25, 0.3) is 0 Å². The molecular formula is C24H28Zr. The molecule has 25 heavy (non-hydrogen) atoms. The second-order valence-corrected chi connectivity index (χ2v) is 6.10. The maximum absolute atomic E-state index is 2.18. The first-order chi connectivity index (χ1) is 10.6. The van der Waals surface area contributed by atoms with Crippen molar-refractivity contribution in [1.82, 2.24) is 0 Å². The van der Waals surface area contributed by atoms with Gasteiger partial charge in [0.1, 0.15) is 0 Å². The van der Waals surface area contributed by atoms with Crippen molar-refractivity contribution in [2.45, 2.75) is 27.7 Å². The van der Waals surface area contributed by atoms with Gasteiger partial charge in [-0.3, -0.25) is 0 Å². The molecule has 0 saturated heterocycles. The molecule has 0 aromatic heterocycles. The third-order valence-electron chi connectivity index (χ3n) is 4.50. The van der Waals surface area contributed by atoms with Crippen molar-refractivity contribution in [1.29, 1.82) is 0 Å². The minimum atomic E-state index is 0. The van der Waals surface area contributed by atoms with Crippen LogP contribution in [0.5, 0.6) is 0 Å². The predicted molar refractivity (Wildman–Crippen MR) is 111 cm³/mol. The van der Waals surface area contributed by atoms with Gasteiger partial charge >= 0.3 is 26.2 Å². The number of fused-ring (bicyclic) bond motifs is 2. The van der Waals surface area contributed by atoms with Gasteiger partial charge in [0.15, 0.2) is 0 Å². The molecule has 0 radical (unpaired) electrons. The van der Waals surface area contributed by atoms with Gasteiger partial charge < -0.3 is 14.9 Å². The average molecular weight is 408 g/mol. The Kier molecular flexibility index (Phi) is 9.30. The largest absolute Gasteiger partial charge is 4.00 e. The SMILES string of the molecule is Cc1ccc(C)c2[cH-]ccc12.Cc1ccc(C)c2[cH-]ccc12.[CH3-].[CH3-].[Zr+4]. The van der Waals surface area contributed by atoms with E-state index in [4.69, 9.17) is 0 Å². The third-order valence-corrected chi connectivity index (χ3v) is 4.50. The van der Waals surface area contributed by atoms with Crippen LogP contribution in [0.4, 0.5) is 0 Å². The molecule has 0 unspecified atom stereocenters. The van der Waals surface area contributed by atoms with Crippen molar-refractivity contribution in [3.8, 4) is 0 Å². The van der Waals surface area contributed by atoms with Gasteiger partial charge in [0, 0.05) is 0 Å². The molecule has 4 aromatic rings. The van der Waals surface area contributed by atoms with Crippen molar-refractivity contribution >= 4 is 21.5 Å². The van der Waals surface area contributed by atoms with Gasteiger partial charge in [0.05, 0.1) is 0 Å². The van der Waals surface area contributed by atoms with Crippen molar-refractivity contribution in [2.24, 2.45) is 0 Å². The first-order valence-electron chi connectivity index (χ1n) is 7.81. The summed E-state index contributed by atoms with van der Waals surface area (Å²) >= 11 is 0. The molecule has 0 fully saturated rings. The Bertz CT molecular complexity index is 772. The zero-order chi connectivity index (χ0) is 15.7. The second kappa shape index (κ2) is 9.88. The summed E-state index contributed by atoms with van der Waals surface area (Å²) in [5.41, 5.74) is 5.48. The zero-order valence-corrected chi connectivity index (χ0v) is 18.7. The summed E-state index contributed by atoms with van der Waals surface area (Å²) in [6.45, 7) is 8.62. The van der Waals surface area contributed by atoms with Crippen LogP contribution in [-0.4, -0.2) is 0 Å². The summed E-state index contributed by atoms with van der Waals surface area (Å²) < 4.78 is 0. The minimum Gasteiger partial charge on any atom is -0.358 e. The van der Waals surface area contributed by atoms with Crippen LogP contribution >= 0.6 is 0 Å². The summed E-state index contributed by atoms with van der Waals surface area (Å²) in [5, 5.41) is 5.57. The van der Waals surface area contributed by atoms with Gasteiger partial charge in [-0.1, -0.05) is 37.1 Å². The van der Waals surface area contributed by atoms with E-state index >= 15 is 0 Å². The fraction of sp³-hybridized carbons (Fsp3) is 0.167. The third kappa shape index (κ3) is 4.79. The standard InChI is InChI=1S/2C11H11.2CH3.Zr/c2*1-8-6-7-9(2)11-5-3-4-10(8)11;;;/h2*3-7H,1-2H3;2*1H3;/q4*-1;+4. The molecule has 4 rings (SSSR count). The van der Waals surface area contributed by atoms with Crippen LogP contribution in [-0.2, 0) is 26.2 Å². The average Bonchev–Trinajstić information content (AvgIpc) is 3.17. The molecule has 0 saturated carbocycles. The molecule has 0 heterocycles. The van der Waals surface area contributed by atoms with Gasteiger partial charge in [-0.25, -0.2) is 0 Å². The molecule has 0 N–H and O–H groups in total. The molecule has 4 aromatic carbocycles. The monoisotopic (exact) mass is 406 g/mol. The van der Waals surface area contributed by atoms with E-state index < -0.39 is 0 Å².